The number of hydrogen-bond donors (Lipinski definition) is 0. The van der Waals surface area contributed by atoms with E-state index in [2.05, 4.69) is 44.8 Å². The molecule has 1 aromatic rings. The maximum Gasteiger partial charge on any atom is 0.0742 e. The molecule has 14 heavy (non-hydrogen) atoms. The molecule has 78 valence electrons. The van der Waals surface area contributed by atoms with Gasteiger partial charge in [0.15, 0.2) is 0 Å². The van der Waals surface area contributed by atoms with E-state index in [0.29, 0.717) is 10.9 Å². The van der Waals surface area contributed by atoms with Gasteiger partial charge in [0.2, 0.25) is 0 Å². The molecule has 4 heteroatoms. The van der Waals surface area contributed by atoms with Gasteiger partial charge in [-0.15, -0.1) is 11.3 Å². The minimum Gasteiger partial charge on any atom is -0.377 e. The van der Waals surface area contributed by atoms with Crippen molar-refractivity contribution in [2.45, 2.75) is 30.7 Å². The highest BCUT2D eigenvalue weighted by atomic mass is 79.9. The van der Waals surface area contributed by atoms with Crippen LogP contribution < -0.4 is 0 Å². The largest absolute Gasteiger partial charge is 0.377 e. The highest BCUT2D eigenvalue weighted by Gasteiger charge is 2.26. The molecule has 1 fully saturated rings. The number of halogens is 2. The maximum absolute atomic E-state index is 5.68. The normalized spacial score (nSPS) is 24.1. The summed E-state index contributed by atoms with van der Waals surface area (Å²) in [4.78, 5) is 1.72. The van der Waals surface area contributed by atoms with Gasteiger partial charge in [0.05, 0.1) is 14.7 Å². The third kappa shape index (κ3) is 2.23. The minimum atomic E-state index is 0.354. The van der Waals surface area contributed by atoms with Crippen LogP contribution in [-0.2, 0) is 4.74 Å². The van der Waals surface area contributed by atoms with E-state index in [9.17, 15) is 0 Å². The van der Waals surface area contributed by atoms with Gasteiger partial charge in [0, 0.05) is 11.5 Å². The third-order valence-corrected chi connectivity index (χ3v) is 5.17. The fourth-order valence-electron chi connectivity index (χ4n) is 1.77. The lowest BCUT2D eigenvalue weighted by molar-refractivity contribution is 0.110. The summed E-state index contributed by atoms with van der Waals surface area (Å²) in [5.74, 6) is 0. The van der Waals surface area contributed by atoms with Crippen LogP contribution in [0.3, 0.4) is 0 Å². The third-order valence-electron chi connectivity index (χ3n) is 2.51. The van der Waals surface area contributed by atoms with Crippen LogP contribution >= 0.6 is 43.2 Å². The van der Waals surface area contributed by atoms with Crippen molar-refractivity contribution in [1.82, 2.24) is 0 Å². The van der Waals surface area contributed by atoms with E-state index in [1.165, 1.54) is 27.1 Å². The number of hydrogen-bond acceptors (Lipinski definition) is 2. The molecule has 0 aliphatic carbocycles. The number of aryl methyl sites for hydroxylation is 1. The summed E-state index contributed by atoms with van der Waals surface area (Å²) in [7, 11) is 0. The van der Waals surface area contributed by atoms with Crippen molar-refractivity contribution in [2.24, 2.45) is 0 Å². The lowest BCUT2D eigenvalue weighted by Crippen LogP contribution is -2.12. The van der Waals surface area contributed by atoms with Crippen LogP contribution in [0, 0.1) is 6.92 Å². The Morgan fingerprint density at radius 3 is 2.93 bits per heavy atom. The van der Waals surface area contributed by atoms with E-state index in [0.717, 1.165) is 6.61 Å². The second-order valence-electron chi connectivity index (χ2n) is 3.52. The Labute approximate surface area is 105 Å². The molecule has 2 rings (SSSR count). The van der Waals surface area contributed by atoms with E-state index in [-0.39, 0.29) is 0 Å². The summed E-state index contributed by atoms with van der Waals surface area (Å²) in [6.07, 6.45) is 2.72. The van der Waals surface area contributed by atoms with Gasteiger partial charge in [-0.2, -0.15) is 0 Å². The number of rotatable bonds is 2. The van der Waals surface area contributed by atoms with Crippen molar-refractivity contribution >= 4 is 43.2 Å². The first-order valence-corrected chi connectivity index (χ1v) is 7.22. The molecular weight excluding hydrogens is 328 g/mol. The molecule has 1 aliphatic heterocycles. The molecule has 0 amide bonds. The van der Waals surface area contributed by atoms with Crippen LogP contribution in [0.15, 0.2) is 9.85 Å². The molecule has 2 heterocycles. The molecule has 1 aromatic heterocycles. The molecule has 0 radical (unpaired) electrons. The molecular formula is C10H12Br2OS. The highest BCUT2D eigenvalue weighted by Crippen LogP contribution is 2.39. The molecule has 2 atom stereocenters. The standard InChI is InChI=1S/C10H12Br2OS/c1-6-7(5-9(11)14-6)10(12)8-3-2-4-13-8/h5,8,10H,2-4H2,1H3. The van der Waals surface area contributed by atoms with Crippen LogP contribution in [0.1, 0.15) is 28.1 Å². The van der Waals surface area contributed by atoms with Crippen molar-refractivity contribution in [2.75, 3.05) is 6.61 Å². The van der Waals surface area contributed by atoms with Crippen molar-refractivity contribution < 1.29 is 4.74 Å². The van der Waals surface area contributed by atoms with E-state index in [1.807, 2.05) is 0 Å². The Hall–Kier alpha value is 0.620. The smallest absolute Gasteiger partial charge is 0.0742 e. The van der Waals surface area contributed by atoms with E-state index >= 15 is 0 Å². The summed E-state index contributed by atoms with van der Waals surface area (Å²) < 4.78 is 6.88. The van der Waals surface area contributed by atoms with Crippen molar-refractivity contribution in [3.63, 3.8) is 0 Å². The second kappa shape index (κ2) is 4.64. The zero-order valence-electron chi connectivity index (χ0n) is 7.93. The first-order valence-electron chi connectivity index (χ1n) is 4.70. The molecule has 1 aliphatic rings. The van der Waals surface area contributed by atoms with Gasteiger partial charge in [0.1, 0.15) is 0 Å². The molecule has 1 nitrogen and oxygen atoms in total. The monoisotopic (exact) mass is 338 g/mol. The quantitative estimate of drug-likeness (QED) is 0.724. The Bertz CT molecular complexity index is 318. The molecule has 2 unspecified atom stereocenters. The zero-order valence-corrected chi connectivity index (χ0v) is 11.9. The molecule has 1 saturated heterocycles. The average Bonchev–Trinajstić information content (AvgIpc) is 2.73. The summed E-state index contributed by atoms with van der Waals surface area (Å²) in [6, 6.07) is 2.20. The van der Waals surface area contributed by atoms with Gasteiger partial charge in [-0.3, -0.25) is 0 Å². The topological polar surface area (TPSA) is 9.23 Å². The van der Waals surface area contributed by atoms with Crippen molar-refractivity contribution in [1.29, 1.82) is 0 Å². The Kier molecular flexibility index (Phi) is 3.68. The van der Waals surface area contributed by atoms with Crippen LogP contribution in [-0.4, -0.2) is 12.7 Å². The molecule has 0 aromatic carbocycles. The highest BCUT2D eigenvalue weighted by molar-refractivity contribution is 9.11. The molecule has 0 N–H and O–H groups in total. The van der Waals surface area contributed by atoms with E-state index in [4.69, 9.17) is 4.74 Å². The summed E-state index contributed by atoms with van der Waals surface area (Å²) in [5, 5.41) is 0. The maximum atomic E-state index is 5.68. The Morgan fingerprint density at radius 2 is 2.43 bits per heavy atom. The van der Waals surface area contributed by atoms with Gasteiger partial charge in [0.25, 0.3) is 0 Å². The zero-order chi connectivity index (χ0) is 10.1. The van der Waals surface area contributed by atoms with Gasteiger partial charge in [-0.05, 0) is 47.3 Å². The van der Waals surface area contributed by atoms with Gasteiger partial charge in [-0.25, -0.2) is 0 Å². The number of alkyl halides is 1. The van der Waals surface area contributed by atoms with Crippen molar-refractivity contribution in [3.05, 3.63) is 20.3 Å². The predicted molar refractivity (Wildman–Crippen MR) is 67.4 cm³/mol. The fourth-order valence-corrected chi connectivity index (χ4v) is 4.57. The first kappa shape index (κ1) is 11.1. The average molecular weight is 340 g/mol. The Balaban J connectivity index is 2.17. The van der Waals surface area contributed by atoms with E-state index < -0.39 is 0 Å². The fraction of sp³-hybridized carbons (Fsp3) is 0.600. The second-order valence-corrected chi connectivity index (χ2v) is 7.14. The first-order chi connectivity index (χ1) is 6.68. The summed E-state index contributed by atoms with van der Waals surface area (Å²) >= 11 is 9.04. The van der Waals surface area contributed by atoms with Crippen LogP contribution in [0.4, 0.5) is 0 Å². The molecule has 0 saturated carbocycles. The van der Waals surface area contributed by atoms with E-state index in [1.54, 1.807) is 11.3 Å². The van der Waals surface area contributed by atoms with Crippen LogP contribution in [0.5, 0.6) is 0 Å². The summed E-state index contributed by atoms with van der Waals surface area (Å²) in [6.45, 7) is 3.07. The van der Waals surface area contributed by atoms with Gasteiger partial charge in [-0.1, -0.05) is 15.9 Å². The lowest BCUT2D eigenvalue weighted by Gasteiger charge is -2.16. The van der Waals surface area contributed by atoms with Crippen molar-refractivity contribution in [3.8, 4) is 0 Å². The number of thiophene rings is 1. The van der Waals surface area contributed by atoms with Crippen LogP contribution in [0.25, 0.3) is 0 Å². The predicted octanol–water partition coefficient (Wildman–Crippen LogP) is 4.43. The Morgan fingerprint density at radius 1 is 1.64 bits per heavy atom. The number of ether oxygens (including phenoxy) is 1. The summed E-state index contributed by atoms with van der Waals surface area (Å²) in [5.41, 5.74) is 1.37. The van der Waals surface area contributed by atoms with Gasteiger partial charge >= 0.3 is 0 Å². The van der Waals surface area contributed by atoms with Crippen LogP contribution in [0.2, 0.25) is 0 Å². The minimum absolute atomic E-state index is 0.354. The molecule has 0 bridgehead atoms. The molecule has 0 spiro atoms. The van der Waals surface area contributed by atoms with Gasteiger partial charge < -0.3 is 4.74 Å². The SMILES string of the molecule is Cc1sc(Br)cc1C(Br)C1CCCO1. The lowest BCUT2D eigenvalue weighted by atomic mass is 10.1.